The molecular weight excluding hydrogens is 323 g/mol. The number of unbranched alkanes of at least 4 members (excludes halogenated alkanes) is 1. The summed E-state index contributed by atoms with van der Waals surface area (Å²) in [6, 6.07) is 3.90. The van der Waals surface area contributed by atoms with Gasteiger partial charge in [0.2, 0.25) is 4.33 Å². The molecule has 0 aliphatic rings. The van der Waals surface area contributed by atoms with Crippen molar-refractivity contribution in [1.82, 2.24) is 0 Å². The SMILES string of the molecule is CC(C)(C#N)C(CCCCOS(C)(=O)=O)C(Cl)(Cl)C#N. The first-order valence-electron chi connectivity index (χ1n) is 6.01. The molecule has 20 heavy (non-hydrogen) atoms. The first-order chi connectivity index (χ1) is 8.96. The Bertz CT molecular complexity index is 478. The van der Waals surface area contributed by atoms with E-state index in [1.807, 2.05) is 0 Å². The minimum Gasteiger partial charge on any atom is -0.270 e. The molecule has 0 heterocycles. The molecule has 0 amide bonds. The van der Waals surface area contributed by atoms with Crippen LogP contribution in [0.1, 0.15) is 33.1 Å². The Kier molecular flexibility index (Phi) is 7.27. The van der Waals surface area contributed by atoms with Crippen molar-refractivity contribution in [1.29, 1.82) is 10.5 Å². The van der Waals surface area contributed by atoms with Crippen LogP contribution >= 0.6 is 23.2 Å². The fourth-order valence-electron chi connectivity index (χ4n) is 1.81. The zero-order chi connectivity index (χ0) is 16.0. The summed E-state index contributed by atoms with van der Waals surface area (Å²) < 4.78 is 24.5. The molecule has 1 atom stereocenters. The van der Waals surface area contributed by atoms with E-state index in [0.717, 1.165) is 6.26 Å². The summed E-state index contributed by atoms with van der Waals surface area (Å²) >= 11 is 11.9. The third-order valence-electron chi connectivity index (χ3n) is 2.93. The average Bonchev–Trinajstić information content (AvgIpc) is 2.31. The van der Waals surface area contributed by atoms with Crippen molar-refractivity contribution in [3.05, 3.63) is 0 Å². The van der Waals surface area contributed by atoms with Gasteiger partial charge in [0, 0.05) is 5.92 Å². The lowest BCUT2D eigenvalue weighted by atomic mass is 9.75. The molecule has 0 rings (SSSR count). The predicted molar refractivity (Wildman–Crippen MR) is 77.6 cm³/mol. The normalized spacial score (nSPS) is 14.3. The van der Waals surface area contributed by atoms with E-state index in [-0.39, 0.29) is 6.61 Å². The molecular formula is C12H18Cl2N2O3S. The maximum absolute atomic E-state index is 10.8. The van der Waals surface area contributed by atoms with Crippen molar-refractivity contribution < 1.29 is 12.6 Å². The van der Waals surface area contributed by atoms with Gasteiger partial charge in [-0.1, -0.05) is 29.6 Å². The second-order valence-corrected chi connectivity index (χ2v) is 8.17. The number of nitriles is 2. The van der Waals surface area contributed by atoms with Gasteiger partial charge in [-0.2, -0.15) is 18.9 Å². The van der Waals surface area contributed by atoms with E-state index in [4.69, 9.17) is 33.7 Å². The highest BCUT2D eigenvalue weighted by molar-refractivity contribution is 7.85. The zero-order valence-corrected chi connectivity index (χ0v) is 14.0. The van der Waals surface area contributed by atoms with Crippen LogP contribution in [0.4, 0.5) is 0 Å². The van der Waals surface area contributed by atoms with E-state index in [2.05, 4.69) is 10.3 Å². The zero-order valence-electron chi connectivity index (χ0n) is 11.7. The molecule has 0 saturated heterocycles. The van der Waals surface area contributed by atoms with Crippen LogP contribution in [0.2, 0.25) is 0 Å². The lowest BCUT2D eigenvalue weighted by Crippen LogP contribution is -2.36. The van der Waals surface area contributed by atoms with Crippen LogP contribution in [0.15, 0.2) is 0 Å². The highest BCUT2D eigenvalue weighted by Crippen LogP contribution is 2.44. The van der Waals surface area contributed by atoms with Gasteiger partial charge in [0.05, 0.1) is 24.3 Å². The Balaban J connectivity index is 4.58. The molecule has 0 bridgehead atoms. The van der Waals surface area contributed by atoms with Crippen molar-refractivity contribution in [2.45, 2.75) is 37.4 Å². The van der Waals surface area contributed by atoms with E-state index < -0.39 is 25.8 Å². The second kappa shape index (κ2) is 7.47. The molecule has 0 radical (unpaired) electrons. The van der Waals surface area contributed by atoms with Crippen molar-refractivity contribution in [3.63, 3.8) is 0 Å². The Hall–Kier alpha value is -0.530. The molecule has 0 aromatic rings. The Morgan fingerprint density at radius 3 is 2.15 bits per heavy atom. The van der Waals surface area contributed by atoms with Gasteiger partial charge < -0.3 is 0 Å². The molecule has 0 aliphatic heterocycles. The molecule has 5 nitrogen and oxygen atoms in total. The van der Waals surface area contributed by atoms with Crippen LogP contribution in [-0.2, 0) is 14.3 Å². The van der Waals surface area contributed by atoms with Gasteiger partial charge in [0.1, 0.15) is 6.07 Å². The molecule has 0 N–H and O–H groups in total. The smallest absolute Gasteiger partial charge is 0.264 e. The Labute approximate surface area is 130 Å². The number of rotatable bonds is 8. The van der Waals surface area contributed by atoms with Gasteiger partial charge in [-0.25, -0.2) is 0 Å². The number of nitrogens with zero attached hydrogens (tertiary/aromatic N) is 2. The molecule has 0 aromatic heterocycles. The molecule has 8 heteroatoms. The largest absolute Gasteiger partial charge is 0.270 e. The van der Waals surface area contributed by atoms with Gasteiger partial charge in [0.25, 0.3) is 10.1 Å². The molecule has 0 fully saturated rings. The van der Waals surface area contributed by atoms with Crippen molar-refractivity contribution >= 4 is 33.3 Å². The van der Waals surface area contributed by atoms with E-state index in [1.165, 1.54) is 0 Å². The van der Waals surface area contributed by atoms with Gasteiger partial charge >= 0.3 is 0 Å². The lowest BCUT2D eigenvalue weighted by Gasteiger charge is -2.33. The highest BCUT2D eigenvalue weighted by Gasteiger charge is 2.44. The fourth-order valence-corrected chi connectivity index (χ4v) is 3.00. The highest BCUT2D eigenvalue weighted by atomic mass is 35.5. The molecule has 0 saturated carbocycles. The monoisotopic (exact) mass is 340 g/mol. The maximum atomic E-state index is 10.8. The summed E-state index contributed by atoms with van der Waals surface area (Å²) in [4.78, 5) is 0. The fraction of sp³-hybridized carbons (Fsp3) is 0.833. The Morgan fingerprint density at radius 2 is 1.75 bits per heavy atom. The first kappa shape index (κ1) is 19.5. The number of hydrogen-bond acceptors (Lipinski definition) is 5. The molecule has 0 aliphatic carbocycles. The topological polar surface area (TPSA) is 90.9 Å². The Morgan fingerprint density at radius 1 is 1.20 bits per heavy atom. The van der Waals surface area contributed by atoms with Crippen LogP contribution in [0.5, 0.6) is 0 Å². The summed E-state index contributed by atoms with van der Waals surface area (Å²) in [7, 11) is -3.45. The van der Waals surface area contributed by atoms with Gasteiger partial charge in [-0.05, 0) is 26.7 Å². The predicted octanol–water partition coefficient (Wildman–Crippen LogP) is 3.00. The minimum atomic E-state index is -3.45. The van der Waals surface area contributed by atoms with Gasteiger partial charge in [0.15, 0.2) is 0 Å². The van der Waals surface area contributed by atoms with Crippen molar-refractivity contribution in [2.75, 3.05) is 12.9 Å². The minimum absolute atomic E-state index is 0.0582. The molecule has 1 unspecified atom stereocenters. The number of hydrogen-bond donors (Lipinski definition) is 0. The second-order valence-electron chi connectivity index (χ2n) is 5.14. The van der Waals surface area contributed by atoms with Gasteiger partial charge in [-0.15, -0.1) is 0 Å². The summed E-state index contributed by atoms with van der Waals surface area (Å²) in [6.45, 7) is 3.39. The average molecular weight is 341 g/mol. The van der Waals surface area contributed by atoms with E-state index in [9.17, 15) is 8.42 Å². The van der Waals surface area contributed by atoms with E-state index in [1.54, 1.807) is 19.9 Å². The number of alkyl halides is 2. The molecule has 0 aromatic carbocycles. The summed E-state index contributed by atoms with van der Waals surface area (Å²) in [6.07, 6.45) is 2.43. The summed E-state index contributed by atoms with van der Waals surface area (Å²) in [5.41, 5.74) is -0.864. The molecule has 0 spiro atoms. The standard InChI is InChI=1S/C12H18Cl2N2O3S/c1-11(2,8-15)10(12(13,14)9-16)6-4-5-7-19-20(3,17)18/h10H,4-7H2,1-3H3. The third kappa shape index (κ3) is 6.76. The third-order valence-corrected chi connectivity index (χ3v) is 4.22. The van der Waals surface area contributed by atoms with Crippen molar-refractivity contribution in [3.8, 4) is 12.1 Å². The summed E-state index contributed by atoms with van der Waals surface area (Å²) in [5.74, 6) is -0.549. The van der Waals surface area contributed by atoms with Crippen molar-refractivity contribution in [2.24, 2.45) is 11.3 Å². The van der Waals surface area contributed by atoms with Crippen LogP contribution in [0, 0.1) is 34.0 Å². The van der Waals surface area contributed by atoms with Gasteiger partial charge in [-0.3, -0.25) is 4.18 Å². The molecule has 114 valence electrons. The van der Waals surface area contributed by atoms with Crippen LogP contribution in [0.25, 0.3) is 0 Å². The lowest BCUT2D eigenvalue weighted by molar-refractivity contribution is 0.248. The first-order valence-corrected chi connectivity index (χ1v) is 8.58. The van der Waals surface area contributed by atoms with Crippen LogP contribution < -0.4 is 0 Å². The van der Waals surface area contributed by atoms with E-state index >= 15 is 0 Å². The van der Waals surface area contributed by atoms with Crippen LogP contribution in [-0.4, -0.2) is 25.6 Å². The summed E-state index contributed by atoms with van der Waals surface area (Å²) in [5, 5.41) is 18.2. The maximum Gasteiger partial charge on any atom is 0.264 e. The quantitative estimate of drug-likeness (QED) is 0.384. The van der Waals surface area contributed by atoms with Crippen LogP contribution in [0.3, 0.4) is 0 Å². The van der Waals surface area contributed by atoms with E-state index in [0.29, 0.717) is 19.3 Å². The number of halogens is 2.